The second-order valence-corrected chi connectivity index (χ2v) is 5.30. The highest BCUT2D eigenvalue weighted by Gasteiger charge is 2.66. The fraction of sp³-hybridized carbons (Fsp3) is 0.923. The Hall–Kier alpha value is -0.330. The van der Waals surface area contributed by atoms with Crippen molar-refractivity contribution in [3.8, 4) is 0 Å². The van der Waals surface area contributed by atoms with Crippen molar-refractivity contribution in [2.75, 3.05) is 0 Å². The summed E-state index contributed by atoms with van der Waals surface area (Å²) < 4.78 is 0. The Morgan fingerprint density at radius 2 is 1.79 bits per heavy atom. The second-order valence-electron chi connectivity index (χ2n) is 5.30. The number of hydrogen-bond donors (Lipinski definition) is 0. The lowest BCUT2D eigenvalue weighted by molar-refractivity contribution is -0.122. The van der Waals surface area contributed by atoms with Gasteiger partial charge in [0.15, 0.2) is 0 Å². The smallest absolute Gasteiger partial charge is 0.133 e. The summed E-state index contributed by atoms with van der Waals surface area (Å²) in [6.07, 6.45) is 1.28. The molecule has 0 aromatic carbocycles. The number of fused-ring (bicyclic) bond motifs is 1. The van der Waals surface area contributed by atoms with Gasteiger partial charge in [0.1, 0.15) is 5.78 Å². The summed E-state index contributed by atoms with van der Waals surface area (Å²) in [4.78, 5) is 11.4. The van der Waals surface area contributed by atoms with Crippen LogP contribution in [-0.2, 0) is 4.79 Å². The van der Waals surface area contributed by atoms with Gasteiger partial charge in [-0.1, -0.05) is 34.6 Å². The maximum atomic E-state index is 11.4. The van der Waals surface area contributed by atoms with Crippen LogP contribution in [0.15, 0.2) is 0 Å². The van der Waals surface area contributed by atoms with Crippen LogP contribution in [-0.4, -0.2) is 5.78 Å². The lowest BCUT2D eigenvalue weighted by atomic mass is 9.83. The fourth-order valence-corrected chi connectivity index (χ4v) is 3.50. The van der Waals surface area contributed by atoms with Gasteiger partial charge in [-0.25, -0.2) is 0 Å². The molecule has 4 atom stereocenters. The molecule has 2 rings (SSSR count). The first-order valence-corrected chi connectivity index (χ1v) is 5.96. The number of ketones is 1. The van der Waals surface area contributed by atoms with Gasteiger partial charge in [-0.3, -0.25) is 4.79 Å². The maximum absolute atomic E-state index is 11.4. The third kappa shape index (κ3) is 1.51. The zero-order chi connectivity index (χ0) is 11.1. The summed E-state index contributed by atoms with van der Waals surface area (Å²) in [5, 5.41) is 0. The van der Waals surface area contributed by atoms with Crippen LogP contribution in [0.25, 0.3) is 0 Å². The molecule has 82 valence electrons. The lowest BCUT2D eigenvalue weighted by Gasteiger charge is -2.20. The molecule has 2 aliphatic rings. The van der Waals surface area contributed by atoms with Gasteiger partial charge in [0.25, 0.3) is 0 Å². The summed E-state index contributed by atoms with van der Waals surface area (Å²) >= 11 is 0. The predicted molar refractivity (Wildman–Crippen MR) is 60.1 cm³/mol. The number of carbonyl (C=O) groups is 1. The molecule has 0 N–H and O–H groups in total. The van der Waals surface area contributed by atoms with E-state index in [1.54, 1.807) is 6.92 Å². The quantitative estimate of drug-likeness (QED) is 0.627. The van der Waals surface area contributed by atoms with Crippen molar-refractivity contribution in [3.63, 3.8) is 0 Å². The van der Waals surface area contributed by atoms with Crippen LogP contribution in [0.5, 0.6) is 0 Å². The minimum atomic E-state index is 0.380. The van der Waals surface area contributed by atoms with E-state index in [4.69, 9.17) is 0 Å². The van der Waals surface area contributed by atoms with Gasteiger partial charge >= 0.3 is 0 Å². The first kappa shape index (κ1) is 11.7. The molecule has 1 nitrogen and oxygen atoms in total. The zero-order valence-corrected chi connectivity index (χ0v) is 10.4. The van der Waals surface area contributed by atoms with Crippen LogP contribution in [0.3, 0.4) is 0 Å². The van der Waals surface area contributed by atoms with E-state index in [1.165, 1.54) is 6.42 Å². The standard InChI is InChI=1S/C11H18O.C2H6/c1-6-5-8-10(11(8,3)4)9(6)7(2)12;1-2/h6,8-10H,5H2,1-4H3;1-2H3/t6?,8?,9-,10?;/m1./s1. The molecule has 0 aromatic heterocycles. The molecule has 14 heavy (non-hydrogen) atoms. The van der Waals surface area contributed by atoms with Crippen LogP contribution >= 0.6 is 0 Å². The van der Waals surface area contributed by atoms with E-state index >= 15 is 0 Å². The second kappa shape index (κ2) is 3.67. The first-order valence-electron chi connectivity index (χ1n) is 5.96. The van der Waals surface area contributed by atoms with Crippen LogP contribution in [0.2, 0.25) is 0 Å². The fourth-order valence-electron chi connectivity index (χ4n) is 3.50. The monoisotopic (exact) mass is 196 g/mol. The normalized spacial score (nSPS) is 42.1. The van der Waals surface area contributed by atoms with Crippen LogP contribution in [0, 0.1) is 29.1 Å². The number of carbonyl (C=O) groups excluding carboxylic acids is 1. The van der Waals surface area contributed by atoms with Crippen molar-refractivity contribution in [3.05, 3.63) is 0 Å². The average molecular weight is 196 g/mol. The Morgan fingerprint density at radius 3 is 2.07 bits per heavy atom. The van der Waals surface area contributed by atoms with Gasteiger partial charge in [-0.05, 0) is 36.5 Å². The molecule has 0 aromatic rings. The van der Waals surface area contributed by atoms with Gasteiger partial charge < -0.3 is 0 Å². The molecular weight excluding hydrogens is 172 g/mol. The van der Waals surface area contributed by atoms with Crippen molar-refractivity contribution >= 4 is 5.78 Å². The molecule has 0 heterocycles. The molecule has 2 aliphatic carbocycles. The molecule has 0 bridgehead atoms. The number of Topliss-reactive ketones (excluding diaryl/α,β-unsaturated/α-hetero) is 1. The molecular formula is C13H24O. The van der Waals surface area contributed by atoms with E-state index in [9.17, 15) is 4.79 Å². The Morgan fingerprint density at radius 1 is 1.29 bits per heavy atom. The third-order valence-electron chi connectivity index (χ3n) is 4.23. The van der Waals surface area contributed by atoms with Gasteiger partial charge in [-0.2, -0.15) is 0 Å². The van der Waals surface area contributed by atoms with E-state index < -0.39 is 0 Å². The van der Waals surface area contributed by atoms with Gasteiger partial charge in [0, 0.05) is 5.92 Å². The Kier molecular flexibility index (Phi) is 3.08. The minimum absolute atomic E-state index is 0.380. The van der Waals surface area contributed by atoms with Gasteiger partial charge in [0.2, 0.25) is 0 Å². The number of hydrogen-bond acceptors (Lipinski definition) is 1. The van der Waals surface area contributed by atoms with E-state index in [0.29, 0.717) is 29.0 Å². The molecule has 0 saturated heterocycles. The summed E-state index contributed by atoms with van der Waals surface area (Å²) in [7, 11) is 0. The van der Waals surface area contributed by atoms with Crippen molar-refractivity contribution in [2.24, 2.45) is 29.1 Å². The molecule has 1 heteroatoms. The van der Waals surface area contributed by atoms with Crippen LogP contribution < -0.4 is 0 Å². The highest BCUT2D eigenvalue weighted by molar-refractivity contribution is 5.80. The minimum Gasteiger partial charge on any atom is -0.300 e. The van der Waals surface area contributed by atoms with Crippen molar-refractivity contribution < 1.29 is 4.79 Å². The molecule has 0 radical (unpaired) electrons. The highest BCUT2D eigenvalue weighted by Crippen LogP contribution is 2.70. The van der Waals surface area contributed by atoms with Crippen molar-refractivity contribution in [1.29, 1.82) is 0 Å². The topological polar surface area (TPSA) is 17.1 Å². The maximum Gasteiger partial charge on any atom is 0.133 e. The summed E-state index contributed by atoms with van der Waals surface area (Å²) in [5.41, 5.74) is 0.475. The molecule has 0 spiro atoms. The zero-order valence-electron chi connectivity index (χ0n) is 10.4. The molecule has 2 fully saturated rings. The van der Waals surface area contributed by atoms with Crippen LogP contribution in [0.4, 0.5) is 0 Å². The summed E-state index contributed by atoms with van der Waals surface area (Å²) in [6.45, 7) is 12.6. The highest BCUT2D eigenvalue weighted by atomic mass is 16.1. The molecule has 3 unspecified atom stereocenters. The summed E-state index contributed by atoms with van der Waals surface area (Å²) in [5.74, 6) is 3.00. The van der Waals surface area contributed by atoms with E-state index in [-0.39, 0.29) is 0 Å². The van der Waals surface area contributed by atoms with E-state index in [1.807, 2.05) is 13.8 Å². The average Bonchev–Trinajstić information content (AvgIpc) is 2.47. The molecule has 0 aliphatic heterocycles. The van der Waals surface area contributed by atoms with Crippen molar-refractivity contribution in [2.45, 2.75) is 48.0 Å². The van der Waals surface area contributed by atoms with Gasteiger partial charge in [-0.15, -0.1) is 0 Å². The SMILES string of the molecule is CC.CC(=O)[C@H]1C(C)CC2C1C2(C)C. The van der Waals surface area contributed by atoms with Gasteiger partial charge in [0.05, 0.1) is 0 Å². The van der Waals surface area contributed by atoms with Crippen LogP contribution in [0.1, 0.15) is 48.0 Å². The Balaban J connectivity index is 0.000000461. The largest absolute Gasteiger partial charge is 0.300 e. The third-order valence-corrected chi connectivity index (χ3v) is 4.23. The molecule has 2 saturated carbocycles. The predicted octanol–water partition coefficient (Wildman–Crippen LogP) is 3.53. The van der Waals surface area contributed by atoms with Crippen molar-refractivity contribution in [1.82, 2.24) is 0 Å². The van der Waals surface area contributed by atoms with E-state index in [2.05, 4.69) is 20.8 Å². The number of rotatable bonds is 1. The Bertz CT molecular complexity index is 229. The molecule has 0 amide bonds. The summed E-state index contributed by atoms with van der Waals surface area (Å²) in [6, 6.07) is 0. The first-order chi connectivity index (χ1) is 6.46. The lowest BCUT2D eigenvalue weighted by Crippen LogP contribution is -2.21. The Labute approximate surface area is 88.3 Å². The van der Waals surface area contributed by atoms with E-state index in [0.717, 1.165) is 5.92 Å².